The summed E-state index contributed by atoms with van der Waals surface area (Å²) < 4.78 is 5.47. The fraction of sp³-hybridized carbons (Fsp3) is 0.529. The van der Waals surface area contributed by atoms with E-state index in [0.717, 1.165) is 32.4 Å². The van der Waals surface area contributed by atoms with Crippen LogP contribution < -0.4 is 16.0 Å². The normalized spacial score (nSPS) is 17.0. The number of benzene rings is 1. The third kappa shape index (κ3) is 6.00. The molecule has 0 bridgehead atoms. The van der Waals surface area contributed by atoms with Gasteiger partial charge in [0.05, 0.1) is 12.6 Å². The number of amides is 2. The van der Waals surface area contributed by atoms with E-state index >= 15 is 0 Å². The first-order chi connectivity index (χ1) is 11.2. The van der Waals surface area contributed by atoms with Crippen molar-refractivity contribution in [1.29, 1.82) is 0 Å². The van der Waals surface area contributed by atoms with Gasteiger partial charge in [-0.05, 0) is 50.1 Å². The molecule has 0 aromatic heterocycles. The van der Waals surface area contributed by atoms with E-state index in [1.807, 2.05) is 6.92 Å². The lowest BCUT2D eigenvalue weighted by Gasteiger charge is -2.11. The van der Waals surface area contributed by atoms with Crippen LogP contribution >= 0.6 is 0 Å². The summed E-state index contributed by atoms with van der Waals surface area (Å²) in [6.07, 6.45) is 3.18. The smallest absolute Gasteiger partial charge is 0.251 e. The fourth-order valence-corrected chi connectivity index (χ4v) is 2.40. The standard InChI is InChI=1S/C17H25N3O3/c1-2-9-18-12-16(21)20-14-7-5-13(6-8-14)17(22)19-11-15-4-3-10-23-15/h5-8,15,18H,2-4,9-12H2,1H3,(H,19,22)(H,20,21). The highest BCUT2D eigenvalue weighted by Crippen LogP contribution is 2.12. The van der Waals surface area contributed by atoms with Gasteiger partial charge in [-0.3, -0.25) is 9.59 Å². The van der Waals surface area contributed by atoms with Crippen LogP contribution in [0.25, 0.3) is 0 Å². The van der Waals surface area contributed by atoms with Gasteiger partial charge in [0.25, 0.3) is 5.91 Å². The Balaban J connectivity index is 1.76. The van der Waals surface area contributed by atoms with Crippen molar-refractivity contribution in [2.45, 2.75) is 32.3 Å². The van der Waals surface area contributed by atoms with Gasteiger partial charge in [-0.1, -0.05) is 6.92 Å². The minimum atomic E-state index is -0.122. The molecule has 1 unspecified atom stereocenters. The van der Waals surface area contributed by atoms with Crippen LogP contribution in [0.1, 0.15) is 36.5 Å². The van der Waals surface area contributed by atoms with Crippen molar-refractivity contribution in [3.8, 4) is 0 Å². The highest BCUT2D eigenvalue weighted by atomic mass is 16.5. The van der Waals surface area contributed by atoms with Crippen molar-refractivity contribution in [2.75, 3.05) is 31.6 Å². The molecule has 0 aliphatic carbocycles. The van der Waals surface area contributed by atoms with E-state index in [-0.39, 0.29) is 24.5 Å². The predicted octanol–water partition coefficient (Wildman–Crippen LogP) is 1.53. The monoisotopic (exact) mass is 319 g/mol. The number of hydrogen-bond acceptors (Lipinski definition) is 4. The Morgan fingerprint density at radius 1 is 1.26 bits per heavy atom. The van der Waals surface area contributed by atoms with Crippen LogP contribution in [0.4, 0.5) is 5.69 Å². The van der Waals surface area contributed by atoms with E-state index in [2.05, 4.69) is 16.0 Å². The molecule has 1 aromatic carbocycles. The van der Waals surface area contributed by atoms with Crippen LogP contribution in [-0.2, 0) is 9.53 Å². The summed E-state index contributed by atoms with van der Waals surface area (Å²) in [5.41, 5.74) is 1.26. The first kappa shape index (κ1) is 17.4. The molecule has 2 rings (SSSR count). The van der Waals surface area contributed by atoms with E-state index in [1.165, 1.54) is 0 Å². The number of carbonyl (C=O) groups excluding carboxylic acids is 2. The van der Waals surface area contributed by atoms with Crippen molar-refractivity contribution in [1.82, 2.24) is 10.6 Å². The number of hydrogen-bond donors (Lipinski definition) is 3. The molecule has 1 saturated heterocycles. The Morgan fingerprint density at radius 3 is 2.70 bits per heavy atom. The van der Waals surface area contributed by atoms with Gasteiger partial charge in [-0.15, -0.1) is 0 Å². The van der Waals surface area contributed by atoms with Gasteiger partial charge >= 0.3 is 0 Å². The molecule has 23 heavy (non-hydrogen) atoms. The summed E-state index contributed by atoms with van der Waals surface area (Å²) in [4.78, 5) is 23.7. The van der Waals surface area contributed by atoms with Crippen molar-refractivity contribution < 1.29 is 14.3 Å². The van der Waals surface area contributed by atoms with E-state index in [1.54, 1.807) is 24.3 Å². The van der Waals surface area contributed by atoms with Gasteiger partial charge in [-0.25, -0.2) is 0 Å². The molecule has 1 aliphatic heterocycles. The molecule has 0 spiro atoms. The third-order valence-electron chi connectivity index (χ3n) is 3.66. The van der Waals surface area contributed by atoms with Crippen LogP contribution in [-0.4, -0.2) is 44.2 Å². The first-order valence-electron chi connectivity index (χ1n) is 8.19. The van der Waals surface area contributed by atoms with Crippen LogP contribution in [0.5, 0.6) is 0 Å². The van der Waals surface area contributed by atoms with E-state index in [0.29, 0.717) is 17.8 Å². The summed E-state index contributed by atoms with van der Waals surface area (Å²) in [7, 11) is 0. The molecule has 1 heterocycles. The summed E-state index contributed by atoms with van der Waals surface area (Å²) in [6, 6.07) is 6.89. The molecule has 0 saturated carbocycles. The number of nitrogens with one attached hydrogen (secondary N) is 3. The number of ether oxygens (including phenoxy) is 1. The summed E-state index contributed by atoms with van der Waals surface area (Å²) >= 11 is 0. The average Bonchev–Trinajstić information content (AvgIpc) is 3.07. The minimum Gasteiger partial charge on any atom is -0.376 e. The van der Waals surface area contributed by atoms with Crippen molar-refractivity contribution in [3.63, 3.8) is 0 Å². The summed E-state index contributed by atoms with van der Waals surface area (Å²) in [5, 5.41) is 8.70. The third-order valence-corrected chi connectivity index (χ3v) is 3.66. The van der Waals surface area contributed by atoms with Crippen LogP contribution in [0.15, 0.2) is 24.3 Å². The molecule has 1 aromatic rings. The maximum Gasteiger partial charge on any atom is 0.251 e. The molecular weight excluding hydrogens is 294 g/mol. The molecule has 1 atom stereocenters. The highest BCUT2D eigenvalue weighted by Gasteiger charge is 2.16. The second kappa shape index (κ2) is 9.27. The zero-order valence-electron chi connectivity index (χ0n) is 13.6. The lowest BCUT2D eigenvalue weighted by atomic mass is 10.2. The molecule has 6 heteroatoms. The fourth-order valence-electron chi connectivity index (χ4n) is 2.40. The maximum atomic E-state index is 12.0. The second-order valence-corrected chi connectivity index (χ2v) is 5.65. The molecule has 3 N–H and O–H groups in total. The highest BCUT2D eigenvalue weighted by molar-refractivity contribution is 5.96. The molecule has 1 aliphatic rings. The lowest BCUT2D eigenvalue weighted by molar-refractivity contribution is -0.115. The van der Waals surface area contributed by atoms with Crippen molar-refractivity contribution >= 4 is 17.5 Å². The quantitative estimate of drug-likeness (QED) is 0.635. The van der Waals surface area contributed by atoms with Crippen LogP contribution in [0.2, 0.25) is 0 Å². The topological polar surface area (TPSA) is 79.5 Å². The largest absolute Gasteiger partial charge is 0.376 e. The molecule has 6 nitrogen and oxygen atoms in total. The minimum absolute atomic E-state index is 0.0889. The Morgan fingerprint density at radius 2 is 2.04 bits per heavy atom. The molecule has 0 radical (unpaired) electrons. The molecular formula is C17H25N3O3. The zero-order valence-corrected chi connectivity index (χ0v) is 13.6. The number of carbonyl (C=O) groups is 2. The van der Waals surface area contributed by atoms with Crippen LogP contribution in [0.3, 0.4) is 0 Å². The van der Waals surface area contributed by atoms with Crippen molar-refractivity contribution in [3.05, 3.63) is 29.8 Å². The van der Waals surface area contributed by atoms with E-state index < -0.39 is 0 Å². The van der Waals surface area contributed by atoms with Gasteiger partial charge < -0.3 is 20.7 Å². The number of rotatable bonds is 8. The summed E-state index contributed by atoms with van der Waals surface area (Å²) in [5.74, 6) is -0.211. The van der Waals surface area contributed by atoms with E-state index in [9.17, 15) is 9.59 Å². The van der Waals surface area contributed by atoms with Gasteiger partial charge in [0.1, 0.15) is 0 Å². The van der Waals surface area contributed by atoms with Crippen LogP contribution in [0, 0.1) is 0 Å². The summed E-state index contributed by atoms with van der Waals surface area (Å²) in [6.45, 7) is 4.48. The molecule has 2 amide bonds. The van der Waals surface area contributed by atoms with Gasteiger partial charge in [0.15, 0.2) is 0 Å². The van der Waals surface area contributed by atoms with E-state index in [4.69, 9.17) is 4.74 Å². The predicted molar refractivity (Wildman–Crippen MR) is 89.5 cm³/mol. The first-order valence-corrected chi connectivity index (χ1v) is 8.19. The average molecular weight is 319 g/mol. The van der Waals surface area contributed by atoms with Gasteiger partial charge in [-0.2, -0.15) is 0 Å². The maximum absolute atomic E-state index is 12.0. The lowest BCUT2D eigenvalue weighted by Crippen LogP contribution is -2.31. The Bertz CT molecular complexity index is 510. The van der Waals surface area contributed by atoms with Crippen molar-refractivity contribution in [2.24, 2.45) is 0 Å². The Hall–Kier alpha value is -1.92. The van der Waals surface area contributed by atoms with Gasteiger partial charge in [0, 0.05) is 24.4 Å². The SMILES string of the molecule is CCCNCC(=O)Nc1ccc(C(=O)NCC2CCCO2)cc1. The molecule has 126 valence electrons. The van der Waals surface area contributed by atoms with Gasteiger partial charge in [0.2, 0.25) is 5.91 Å². The zero-order chi connectivity index (χ0) is 16.5. The second-order valence-electron chi connectivity index (χ2n) is 5.65. The Kier molecular flexibility index (Phi) is 7.03. The Labute approximate surface area is 137 Å². The number of anilines is 1. The molecule has 1 fully saturated rings.